The van der Waals surface area contributed by atoms with Gasteiger partial charge in [0.2, 0.25) is 0 Å². The first-order chi connectivity index (χ1) is 11.8. The fraction of sp³-hybridized carbons (Fsp3) is 0.136. The average molecular weight is 313 g/mol. The molecule has 0 heterocycles. The quantitative estimate of drug-likeness (QED) is 0.639. The molecule has 0 radical (unpaired) electrons. The Bertz CT molecular complexity index is 863. The van der Waals surface area contributed by atoms with E-state index in [1.165, 1.54) is 0 Å². The molecule has 0 spiro atoms. The molecule has 0 unspecified atom stereocenters. The molecule has 24 heavy (non-hydrogen) atoms. The minimum absolute atomic E-state index is 0.438. The van der Waals surface area contributed by atoms with Gasteiger partial charge in [0, 0.05) is 5.56 Å². The largest absolute Gasteiger partial charge is 0.488 e. The highest BCUT2D eigenvalue weighted by Crippen LogP contribution is 2.33. The Morgan fingerprint density at radius 1 is 0.833 bits per heavy atom. The maximum Gasteiger partial charge on any atom is 0.127 e. The van der Waals surface area contributed by atoms with E-state index in [1.807, 2.05) is 42.5 Å². The molecular weight excluding hydrogens is 294 g/mol. The van der Waals surface area contributed by atoms with Gasteiger partial charge >= 0.3 is 0 Å². The third kappa shape index (κ3) is 3.64. The van der Waals surface area contributed by atoms with Gasteiger partial charge in [0.1, 0.15) is 12.4 Å². The van der Waals surface area contributed by atoms with Crippen LogP contribution in [0.4, 0.5) is 0 Å². The molecule has 0 atom stereocenters. The Morgan fingerprint density at radius 3 is 2.33 bits per heavy atom. The van der Waals surface area contributed by atoms with Crippen LogP contribution in [-0.4, -0.2) is 0 Å². The summed E-state index contributed by atoms with van der Waals surface area (Å²) in [6.07, 6.45) is 0.438. The fourth-order valence-electron chi connectivity index (χ4n) is 2.78. The number of hydrogen-bond donors (Lipinski definition) is 0. The molecule has 3 aromatic rings. The number of rotatable bonds is 5. The van der Waals surface area contributed by atoms with Gasteiger partial charge in [0.15, 0.2) is 0 Å². The minimum Gasteiger partial charge on any atom is -0.488 e. The van der Waals surface area contributed by atoms with E-state index in [9.17, 15) is 0 Å². The number of hydrogen-bond acceptors (Lipinski definition) is 2. The summed E-state index contributed by atoms with van der Waals surface area (Å²) in [5, 5.41) is 8.85. The van der Waals surface area contributed by atoms with Crippen LogP contribution in [0.15, 0.2) is 72.8 Å². The number of nitrogens with zero attached hydrogens (tertiary/aromatic N) is 1. The van der Waals surface area contributed by atoms with Gasteiger partial charge in [-0.15, -0.1) is 0 Å². The van der Waals surface area contributed by atoms with Crippen molar-refractivity contribution in [3.05, 3.63) is 89.5 Å². The highest BCUT2D eigenvalue weighted by atomic mass is 16.5. The summed E-state index contributed by atoms with van der Waals surface area (Å²) >= 11 is 0. The molecule has 0 bridgehead atoms. The van der Waals surface area contributed by atoms with Crippen LogP contribution in [0.5, 0.6) is 5.75 Å². The lowest BCUT2D eigenvalue weighted by Crippen LogP contribution is -1.97. The topological polar surface area (TPSA) is 33.0 Å². The molecule has 2 nitrogen and oxygen atoms in total. The number of ether oxygens (including phenoxy) is 1. The molecule has 0 amide bonds. The first-order valence-electron chi connectivity index (χ1n) is 8.00. The molecule has 0 saturated heterocycles. The molecule has 0 aromatic heterocycles. The summed E-state index contributed by atoms with van der Waals surface area (Å²) < 4.78 is 6.06. The van der Waals surface area contributed by atoms with Crippen LogP contribution in [0.2, 0.25) is 0 Å². The van der Waals surface area contributed by atoms with Crippen LogP contribution in [0.25, 0.3) is 11.1 Å². The van der Waals surface area contributed by atoms with Crippen LogP contribution in [0, 0.1) is 18.3 Å². The van der Waals surface area contributed by atoms with E-state index in [0.29, 0.717) is 13.0 Å². The van der Waals surface area contributed by atoms with E-state index in [0.717, 1.165) is 33.6 Å². The standard InChI is InChI=1S/C22H19NO/c1-17-15-18(13-14-23)11-12-20(17)21-9-5-6-10-22(21)24-16-19-7-3-2-4-8-19/h2-12,15H,13,16H2,1H3. The predicted molar refractivity (Wildman–Crippen MR) is 96.7 cm³/mol. The third-order valence-corrected chi connectivity index (χ3v) is 3.99. The van der Waals surface area contributed by atoms with Gasteiger partial charge in [0.05, 0.1) is 12.5 Å². The molecule has 118 valence electrons. The van der Waals surface area contributed by atoms with E-state index in [-0.39, 0.29) is 0 Å². The van der Waals surface area contributed by atoms with Crippen molar-refractivity contribution < 1.29 is 4.74 Å². The molecule has 0 fully saturated rings. The average Bonchev–Trinajstić information content (AvgIpc) is 2.62. The SMILES string of the molecule is Cc1cc(CC#N)ccc1-c1ccccc1OCc1ccccc1. The normalized spacial score (nSPS) is 10.2. The highest BCUT2D eigenvalue weighted by Gasteiger charge is 2.09. The van der Waals surface area contributed by atoms with Crippen molar-refractivity contribution in [3.63, 3.8) is 0 Å². The molecule has 0 saturated carbocycles. The summed E-state index contributed by atoms with van der Waals surface area (Å²) in [5.74, 6) is 0.873. The van der Waals surface area contributed by atoms with Crippen molar-refractivity contribution in [1.29, 1.82) is 5.26 Å². The first kappa shape index (κ1) is 15.8. The monoisotopic (exact) mass is 313 g/mol. The van der Waals surface area contributed by atoms with Crippen LogP contribution < -0.4 is 4.74 Å². The van der Waals surface area contributed by atoms with Gasteiger partial charge in [-0.25, -0.2) is 0 Å². The van der Waals surface area contributed by atoms with Crippen molar-refractivity contribution >= 4 is 0 Å². The molecule has 0 aliphatic carbocycles. The third-order valence-electron chi connectivity index (χ3n) is 3.99. The number of para-hydroxylation sites is 1. The van der Waals surface area contributed by atoms with E-state index in [4.69, 9.17) is 10.00 Å². The minimum atomic E-state index is 0.438. The first-order valence-corrected chi connectivity index (χ1v) is 8.00. The molecular formula is C22H19NO. The summed E-state index contributed by atoms with van der Waals surface area (Å²) in [7, 11) is 0. The zero-order chi connectivity index (χ0) is 16.8. The smallest absolute Gasteiger partial charge is 0.127 e. The second-order valence-corrected chi connectivity index (χ2v) is 5.75. The number of benzene rings is 3. The van der Waals surface area contributed by atoms with Gasteiger partial charge in [0.25, 0.3) is 0 Å². The fourth-order valence-corrected chi connectivity index (χ4v) is 2.78. The van der Waals surface area contributed by atoms with Crippen molar-refractivity contribution in [2.45, 2.75) is 20.0 Å². The lowest BCUT2D eigenvalue weighted by Gasteiger charge is -2.14. The Kier molecular flexibility index (Phi) is 4.93. The zero-order valence-corrected chi connectivity index (χ0v) is 13.7. The summed E-state index contributed by atoms with van der Waals surface area (Å²) in [4.78, 5) is 0. The Hall–Kier alpha value is -3.05. The summed E-state index contributed by atoms with van der Waals surface area (Å²) in [5.41, 5.74) is 5.56. The van der Waals surface area contributed by atoms with Crippen LogP contribution in [0.1, 0.15) is 16.7 Å². The van der Waals surface area contributed by atoms with Crippen molar-refractivity contribution in [2.75, 3.05) is 0 Å². The Balaban J connectivity index is 1.88. The van der Waals surface area contributed by atoms with Gasteiger partial charge in [-0.1, -0.05) is 66.7 Å². The maximum absolute atomic E-state index is 8.85. The molecule has 0 aliphatic rings. The van der Waals surface area contributed by atoms with Gasteiger partial charge in [-0.05, 0) is 35.2 Å². The van der Waals surface area contributed by atoms with E-state index < -0.39 is 0 Å². The highest BCUT2D eigenvalue weighted by molar-refractivity contribution is 5.73. The molecule has 0 aliphatic heterocycles. The van der Waals surface area contributed by atoms with Gasteiger partial charge < -0.3 is 4.74 Å². The van der Waals surface area contributed by atoms with E-state index in [2.05, 4.69) is 43.3 Å². The second kappa shape index (κ2) is 7.48. The lowest BCUT2D eigenvalue weighted by atomic mass is 9.97. The summed E-state index contributed by atoms with van der Waals surface area (Å²) in [6.45, 7) is 2.62. The van der Waals surface area contributed by atoms with E-state index >= 15 is 0 Å². The molecule has 3 rings (SSSR count). The van der Waals surface area contributed by atoms with Crippen molar-refractivity contribution in [2.24, 2.45) is 0 Å². The predicted octanol–water partition coefficient (Wildman–Crippen LogP) is 5.31. The van der Waals surface area contributed by atoms with Crippen molar-refractivity contribution in [3.8, 4) is 22.9 Å². The summed E-state index contributed by atoms with van der Waals surface area (Å²) in [6, 6.07) is 26.6. The Morgan fingerprint density at radius 2 is 1.58 bits per heavy atom. The lowest BCUT2D eigenvalue weighted by molar-refractivity contribution is 0.307. The van der Waals surface area contributed by atoms with Crippen LogP contribution >= 0.6 is 0 Å². The van der Waals surface area contributed by atoms with Crippen LogP contribution in [0.3, 0.4) is 0 Å². The molecule has 3 aromatic carbocycles. The van der Waals surface area contributed by atoms with E-state index in [1.54, 1.807) is 0 Å². The zero-order valence-electron chi connectivity index (χ0n) is 13.7. The Labute approximate surface area is 143 Å². The molecule has 0 N–H and O–H groups in total. The number of nitriles is 1. The van der Waals surface area contributed by atoms with Gasteiger partial charge in [-0.3, -0.25) is 0 Å². The maximum atomic E-state index is 8.85. The molecule has 2 heteroatoms. The van der Waals surface area contributed by atoms with Crippen molar-refractivity contribution in [1.82, 2.24) is 0 Å². The second-order valence-electron chi connectivity index (χ2n) is 5.75. The van der Waals surface area contributed by atoms with Gasteiger partial charge in [-0.2, -0.15) is 5.26 Å². The van der Waals surface area contributed by atoms with Crippen LogP contribution in [-0.2, 0) is 13.0 Å². The number of aryl methyl sites for hydroxylation is 1.